The van der Waals surface area contributed by atoms with Crippen molar-refractivity contribution in [1.82, 2.24) is 9.38 Å². The minimum Gasteiger partial charge on any atom is -0.321 e. The molecular weight excluding hydrogens is 320 g/mol. The Bertz CT molecular complexity index is 938. The Morgan fingerprint density at radius 2 is 2.08 bits per heavy atom. The number of nitrogens with one attached hydrogen (secondary N) is 1. The Morgan fingerprint density at radius 3 is 2.75 bits per heavy atom. The lowest BCUT2D eigenvalue weighted by Gasteiger charge is -2.07. The molecular formula is C18H16N4OS. The Morgan fingerprint density at radius 1 is 1.33 bits per heavy atom. The van der Waals surface area contributed by atoms with Crippen molar-refractivity contribution < 1.29 is 4.79 Å². The monoisotopic (exact) mass is 336 g/mol. The van der Waals surface area contributed by atoms with Gasteiger partial charge in [0.15, 0.2) is 0 Å². The molecule has 0 radical (unpaired) electrons. The van der Waals surface area contributed by atoms with Crippen LogP contribution in [0.2, 0.25) is 0 Å². The Hall–Kier alpha value is -2.78. The number of hydrogen-bond donors (Lipinski definition) is 1. The molecule has 2 heterocycles. The molecule has 3 rings (SSSR count). The van der Waals surface area contributed by atoms with Crippen molar-refractivity contribution in [3.63, 3.8) is 0 Å². The van der Waals surface area contributed by atoms with E-state index in [2.05, 4.69) is 10.3 Å². The number of nitrogens with zero attached hydrogens (tertiary/aromatic N) is 3. The maximum Gasteiger partial charge on any atom is 0.274 e. The minimum atomic E-state index is -0.189. The summed E-state index contributed by atoms with van der Waals surface area (Å²) in [6.45, 7) is 3.97. The van der Waals surface area contributed by atoms with Gasteiger partial charge < -0.3 is 5.32 Å². The maximum absolute atomic E-state index is 12.8. The number of rotatable bonds is 4. The number of carbonyl (C=O) groups is 1. The zero-order valence-corrected chi connectivity index (χ0v) is 14.2. The Balaban J connectivity index is 1.94. The predicted molar refractivity (Wildman–Crippen MR) is 95.2 cm³/mol. The van der Waals surface area contributed by atoms with E-state index < -0.39 is 0 Å². The predicted octanol–water partition coefficient (Wildman–Crippen LogP) is 4.03. The highest BCUT2D eigenvalue weighted by atomic mass is 32.2. The molecule has 1 N–H and O–H groups in total. The topological polar surface area (TPSA) is 70.2 Å². The molecule has 0 fully saturated rings. The van der Waals surface area contributed by atoms with Crippen molar-refractivity contribution in [3.8, 4) is 5.40 Å². The zero-order valence-electron chi connectivity index (χ0n) is 13.4. The highest BCUT2D eigenvalue weighted by Gasteiger charge is 2.19. The van der Waals surface area contributed by atoms with Crippen LogP contribution >= 0.6 is 11.8 Å². The number of thiocyanates is 1. The molecule has 2 aromatic heterocycles. The normalized spacial score (nSPS) is 10.5. The minimum absolute atomic E-state index is 0.189. The molecule has 1 aromatic carbocycles. The van der Waals surface area contributed by atoms with Crippen LogP contribution in [0, 0.1) is 17.6 Å². The summed E-state index contributed by atoms with van der Waals surface area (Å²) in [6, 6.07) is 11.1. The van der Waals surface area contributed by atoms with Gasteiger partial charge in [-0.15, -0.1) is 0 Å². The molecule has 0 aliphatic carbocycles. The van der Waals surface area contributed by atoms with Gasteiger partial charge in [0.1, 0.15) is 16.7 Å². The molecule has 0 unspecified atom stereocenters. The van der Waals surface area contributed by atoms with Crippen LogP contribution in [-0.4, -0.2) is 15.3 Å². The molecule has 0 bridgehead atoms. The summed E-state index contributed by atoms with van der Waals surface area (Å²) in [5.41, 5.74) is 3.86. The number of carbonyl (C=O) groups excluding carboxylic acids is 1. The molecule has 5 nitrogen and oxygen atoms in total. The number of anilines is 1. The third kappa shape index (κ3) is 2.99. The Labute approximate surface area is 144 Å². The average molecular weight is 336 g/mol. The number of nitriles is 1. The summed E-state index contributed by atoms with van der Waals surface area (Å²) in [5, 5.41) is 13.6. The second kappa shape index (κ2) is 6.77. The van der Waals surface area contributed by atoms with Gasteiger partial charge in [-0.1, -0.05) is 13.0 Å². The van der Waals surface area contributed by atoms with E-state index in [9.17, 15) is 4.79 Å². The first-order valence-corrected chi connectivity index (χ1v) is 8.39. The maximum atomic E-state index is 12.8. The summed E-state index contributed by atoms with van der Waals surface area (Å²) < 4.78 is 1.84. The van der Waals surface area contributed by atoms with Gasteiger partial charge in [-0.2, -0.15) is 5.26 Å². The first kappa shape index (κ1) is 16.1. The number of thioether (sulfide) groups is 1. The molecule has 3 aromatic rings. The molecule has 0 aliphatic rings. The van der Waals surface area contributed by atoms with Crippen molar-refractivity contribution in [2.24, 2.45) is 0 Å². The number of imidazole rings is 1. The molecule has 1 amide bonds. The van der Waals surface area contributed by atoms with Crippen LogP contribution in [0.4, 0.5) is 5.69 Å². The van der Waals surface area contributed by atoms with Crippen molar-refractivity contribution >= 4 is 29.0 Å². The largest absolute Gasteiger partial charge is 0.321 e. The van der Waals surface area contributed by atoms with E-state index in [1.54, 1.807) is 12.1 Å². The van der Waals surface area contributed by atoms with Gasteiger partial charge in [-0.3, -0.25) is 9.20 Å². The van der Waals surface area contributed by atoms with Gasteiger partial charge in [-0.25, -0.2) is 4.98 Å². The second-order valence-electron chi connectivity index (χ2n) is 5.32. The summed E-state index contributed by atoms with van der Waals surface area (Å²) in [5.74, 6) is -0.189. The SMILES string of the molecule is CCc1nc2c(C)cccn2c1C(=O)Nc1ccc(SC#N)cc1. The number of benzene rings is 1. The molecule has 6 heteroatoms. The second-order valence-corrected chi connectivity index (χ2v) is 6.18. The van der Waals surface area contributed by atoms with Crippen LogP contribution in [0.3, 0.4) is 0 Å². The zero-order chi connectivity index (χ0) is 17.1. The number of amides is 1. The van der Waals surface area contributed by atoms with E-state index in [-0.39, 0.29) is 5.91 Å². The fourth-order valence-electron chi connectivity index (χ4n) is 2.59. The molecule has 24 heavy (non-hydrogen) atoms. The molecule has 0 aliphatic heterocycles. The van der Waals surface area contributed by atoms with Crippen molar-refractivity contribution in [1.29, 1.82) is 5.26 Å². The number of aryl methyl sites for hydroxylation is 2. The number of hydrogen-bond acceptors (Lipinski definition) is 4. The van der Waals surface area contributed by atoms with E-state index >= 15 is 0 Å². The lowest BCUT2D eigenvalue weighted by Crippen LogP contribution is -2.16. The number of fused-ring (bicyclic) bond motifs is 1. The molecule has 0 atom stereocenters. The quantitative estimate of drug-likeness (QED) is 0.577. The standard InChI is InChI=1S/C18H16N4OS/c1-3-15-16(22-10-4-5-12(2)17(22)21-15)18(23)20-13-6-8-14(9-7-13)24-11-19/h4-10H,3H2,1-2H3,(H,20,23). The highest BCUT2D eigenvalue weighted by Crippen LogP contribution is 2.21. The fraction of sp³-hybridized carbons (Fsp3) is 0.167. The molecule has 0 spiro atoms. The van der Waals surface area contributed by atoms with Crippen molar-refractivity contribution in [3.05, 3.63) is 59.5 Å². The van der Waals surface area contributed by atoms with Crippen LogP contribution in [-0.2, 0) is 6.42 Å². The van der Waals surface area contributed by atoms with Gasteiger partial charge in [0, 0.05) is 16.8 Å². The summed E-state index contributed by atoms with van der Waals surface area (Å²) in [7, 11) is 0. The van der Waals surface area contributed by atoms with Gasteiger partial charge >= 0.3 is 0 Å². The van der Waals surface area contributed by atoms with Gasteiger partial charge in [0.25, 0.3) is 5.91 Å². The first-order chi connectivity index (χ1) is 11.6. The molecule has 120 valence electrons. The lowest BCUT2D eigenvalue weighted by molar-refractivity contribution is 0.102. The average Bonchev–Trinajstić information content (AvgIpc) is 2.97. The van der Waals surface area contributed by atoms with E-state index in [1.807, 2.05) is 54.1 Å². The smallest absolute Gasteiger partial charge is 0.274 e. The van der Waals surface area contributed by atoms with Crippen molar-refractivity contribution in [2.75, 3.05) is 5.32 Å². The van der Waals surface area contributed by atoms with Crippen LogP contribution in [0.15, 0.2) is 47.5 Å². The van der Waals surface area contributed by atoms with Crippen LogP contribution in [0.5, 0.6) is 0 Å². The van der Waals surface area contributed by atoms with E-state index in [1.165, 1.54) is 0 Å². The highest BCUT2D eigenvalue weighted by molar-refractivity contribution is 8.03. The van der Waals surface area contributed by atoms with E-state index in [0.717, 1.165) is 33.6 Å². The summed E-state index contributed by atoms with van der Waals surface area (Å²) in [4.78, 5) is 18.2. The fourth-order valence-corrected chi connectivity index (χ4v) is 2.96. The third-order valence-corrected chi connectivity index (χ3v) is 4.34. The van der Waals surface area contributed by atoms with Gasteiger partial charge in [-0.05, 0) is 61.0 Å². The third-order valence-electron chi connectivity index (χ3n) is 3.74. The van der Waals surface area contributed by atoms with Crippen LogP contribution < -0.4 is 5.32 Å². The van der Waals surface area contributed by atoms with Crippen LogP contribution in [0.25, 0.3) is 5.65 Å². The van der Waals surface area contributed by atoms with Crippen LogP contribution in [0.1, 0.15) is 28.7 Å². The lowest BCUT2D eigenvalue weighted by atomic mass is 10.2. The summed E-state index contributed by atoms with van der Waals surface area (Å²) >= 11 is 1.09. The van der Waals surface area contributed by atoms with Gasteiger partial charge in [0.05, 0.1) is 5.69 Å². The summed E-state index contributed by atoms with van der Waals surface area (Å²) in [6.07, 6.45) is 2.54. The first-order valence-electron chi connectivity index (χ1n) is 7.58. The van der Waals surface area contributed by atoms with E-state index in [0.29, 0.717) is 17.8 Å². The van der Waals surface area contributed by atoms with Gasteiger partial charge in [0.2, 0.25) is 0 Å². The molecule has 0 saturated heterocycles. The number of aromatic nitrogens is 2. The Kier molecular flexibility index (Phi) is 4.54. The van der Waals surface area contributed by atoms with E-state index in [4.69, 9.17) is 5.26 Å². The molecule has 0 saturated carbocycles. The van der Waals surface area contributed by atoms with Crippen molar-refractivity contribution in [2.45, 2.75) is 25.2 Å². The number of pyridine rings is 1.